The first-order chi connectivity index (χ1) is 8.61. The number of rotatable bonds is 4. The molecule has 0 aliphatic rings. The molecule has 0 saturated heterocycles. The molecule has 1 aromatic carbocycles. The van der Waals surface area contributed by atoms with Crippen molar-refractivity contribution >= 4 is 15.9 Å². The molecule has 0 aliphatic heterocycles. The van der Waals surface area contributed by atoms with Crippen molar-refractivity contribution in [1.29, 1.82) is 0 Å². The summed E-state index contributed by atoms with van der Waals surface area (Å²) in [4.78, 5) is 4.42. The Morgan fingerprint density at radius 2 is 2.22 bits per heavy atom. The van der Waals surface area contributed by atoms with Crippen LogP contribution in [0, 0.1) is 6.92 Å². The molecule has 2 rings (SSSR count). The van der Waals surface area contributed by atoms with Gasteiger partial charge in [-0.3, -0.25) is 0 Å². The van der Waals surface area contributed by atoms with Crippen molar-refractivity contribution in [3.63, 3.8) is 0 Å². The summed E-state index contributed by atoms with van der Waals surface area (Å²) in [6.45, 7) is 4.70. The fraction of sp³-hybridized carbons (Fsp3) is 0.385. The van der Waals surface area contributed by atoms with E-state index in [0.717, 1.165) is 16.5 Å². The minimum absolute atomic E-state index is 0.199. The Morgan fingerprint density at radius 1 is 1.44 bits per heavy atom. The second-order valence-electron chi connectivity index (χ2n) is 4.40. The van der Waals surface area contributed by atoms with Gasteiger partial charge in [0.2, 0.25) is 11.7 Å². The van der Waals surface area contributed by atoms with Crippen LogP contribution in [0.1, 0.15) is 30.7 Å². The summed E-state index contributed by atoms with van der Waals surface area (Å²) in [5.74, 6) is 1.46. The van der Waals surface area contributed by atoms with Crippen LogP contribution >= 0.6 is 15.9 Å². The SMILES string of the molecule is Cc1ccc(-c2noc(C(C)CCN)n2)cc1Br. The molecule has 0 spiro atoms. The van der Waals surface area contributed by atoms with E-state index in [9.17, 15) is 0 Å². The second-order valence-corrected chi connectivity index (χ2v) is 5.25. The number of aromatic nitrogens is 2. The third kappa shape index (κ3) is 2.79. The molecule has 2 N–H and O–H groups in total. The number of hydrogen-bond donors (Lipinski definition) is 1. The molecular weight excluding hydrogens is 294 g/mol. The quantitative estimate of drug-likeness (QED) is 0.941. The third-order valence-electron chi connectivity index (χ3n) is 2.89. The lowest BCUT2D eigenvalue weighted by molar-refractivity contribution is 0.355. The molecule has 1 unspecified atom stereocenters. The van der Waals surface area contributed by atoms with Gasteiger partial charge in [-0.1, -0.05) is 40.1 Å². The van der Waals surface area contributed by atoms with E-state index in [1.54, 1.807) is 0 Å². The van der Waals surface area contributed by atoms with E-state index >= 15 is 0 Å². The summed E-state index contributed by atoms with van der Waals surface area (Å²) in [6.07, 6.45) is 0.846. The number of halogens is 1. The molecule has 5 heteroatoms. The summed E-state index contributed by atoms with van der Waals surface area (Å²) in [7, 11) is 0. The molecule has 1 atom stereocenters. The van der Waals surface area contributed by atoms with Gasteiger partial charge in [0, 0.05) is 16.0 Å². The highest BCUT2D eigenvalue weighted by atomic mass is 79.9. The van der Waals surface area contributed by atoms with Crippen molar-refractivity contribution in [3.8, 4) is 11.4 Å². The van der Waals surface area contributed by atoms with Crippen molar-refractivity contribution in [2.45, 2.75) is 26.2 Å². The minimum Gasteiger partial charge on any atom is -0.339 e. The number of hydrogen-bond acceptors (Lipinski definition) is 4. The van der Waals surface area contributed by atoms with Crippen LogP contribution in [0.25, 0.3) is 11.4 Å². The average Bonchev–Trinajstić information content (AvgIpc) is 2.82. The zero-order valence-corrected chi connectivity index (χ0v) is 12.1. The maximum Gasteiger partial charge on any atom is 0.229 e. The van der Waals surface area contributed by atoms with Gasteiger partial charge in [0.25, 0.3) is 0 Å². The molecule has 1 aromatic heterocycles. The van der Waals surface area contributed by atoms with Gasteiger partial charge in [-0.15, -0.1) is 0 Å². The van der Waals surface area contributed by atoms with Crippen molar-refractivity contribution in [1.82, 2.24) is 10.1 Å². The van der Waals surface area contributed by atoms with Gasteiger partial charge in [-0.25, -0.2) is 0 Å². The van der Waals surface area contributed by atoms with Gasteiger partial charge in [0.15, 0.2) is 0 Å². The number of aryl methyl sites for hydroxylation is 1. The van der Waals surface area contributed by atoms with Gasteiger partial charge in [-0.2, -0.15) is 4.98 Å². The van der Waals surface area contributed by atoms with E-state index in [1.165, 1.54) is 5.56 Å². The van der Waals surface area contributed by atoms with Crippen LogP contribution in [0.2, 0.25) is 0 Å². The fourth-order valence-electron chi connectivity index (χ4n) is 1.66. The Kier molecular flexibility index (Phi) is 4.14. The molecule has 0 radical (unpaired) electrons. The van der Waals surface area contributed by atoms with E-state index in [0.29, 0.717) is 18.3 Å². The zero-order valence-electron chi connectivity index (χ0n) is 10.5. The lowest BCUT2D eigenvalue weighted by Crippen LogP contribution is -2.04. The van der Waals surface area contributed by atoms with Gasteiger partial charge in [-0.05, 0) is 31.5 Å². The topological polar surface area (TPSA) is 64.9 Å². The van der Waals surface area contributed by atoms with E-state index in [4.69, 9.17) is 10.3 Å². The first kappa shape index (κ1) is 13.2. The molecule has 4 nitrogen and oxygen atoms in total. The maximum atomic E-state index is 5.53. The standard InChI is InChI=1S/C13H16BrN3O/c1-8-3-4-10(7-11(8)14)12-16-13(18-17-12)9(2)5-6-15/h3-4,7,9H,5-6,15H2,1-2H3. The highest BCUT2D eigenvalue weighted by molar-refractivity contribution is 9.10. The molecule has 0 saturated carbocycles. The fourth-order valence-corrected chi connectivity index (χ4v) is 2.04. The van der Waals surface area contributed by atoms with Crippen LogP contribution < -0.4 is 5.73 Å². The Labute approximate surface area is 115 Å². The van der Waals surface area contributed by atoms with Crippen LogP contribution in [-0.2, 0) is 0 Å². The summed E-state index contributed by atoms with van der Waals surface area (Å²) >= 11 is 3.50. The lowest BCUT2D eigenvalue weighted by atomic mass is 10.1. The molecular formula is C13H16BrN3O. The van der Waals surface area contributed by atoms with Crippen LogP contribution in [0.4, 0.5) is 0 Å². The summed E-state index contributed by atoms with van der Waals surface area (Å²) in [6, 6.07) is 6.01. The maximum absolute atomic E-state index is 5.53. The van der Waals surface area contributed by atoms with Crippen molar-refractivity contribution in [3.05, 3.63) is 34.1 Å². The van der Waals surface area contributed by atoms with Crippen LogP contribution in [0.3, 0.4) is 0 Å². The molecule has 0 aliphatic carbocycles. The van der Waals surface area contributed by atoms with E-state index < -0.39 is 0 Å². The molecule has 1 heterocycles. The molecule has 96 valence electrons. The smallest absolute Gasteiger partial charge is 0.229 e. The molecule has 0 amide bonds. The number of nitrogens with zero attached hydrogens (tertiary/aromatic N) is 2. The van der Waals surface area contributed by atoms with Crippen molar-refractivity contribution in [2.24, 2.45) is 5.73 Å². The monoisotopic (exact) mass is 309 g/mol. The van der Waals surface area contributed by atoms with E-state index in [-0.39, 0.29) is 5.92 Å². The predicted octanol–water partition coefficient (Wildman–Crippen LogP) is 3.26. The summed E-state index contributed by atoms with van der Waals surface area (Å²) < 4.78 is 6.31. The first-order valence-corrected chi connectivity index (χ1v) is 6.71. The normalized spacial score (nSPS) is 12.7. The van der Waals surface area contributed by atoms with Gasteiger partial charge < -0.3 is 10.3 Å². The Morgan fingerprint density at radius 3 is 2.89 bits per heavy atom. The Hall–Kier alpha value is -1.20. The van der Waals surface area contributed by atoms with Crippen LogP contribution in [0.5, 0.6) is 0 Å². The highest BCUT2D eigenvalue weighted by Gasteiger charge is 2.14. The highest BCUT2D eigenvalue weighted by Crippen LogP contribution is 2.25. The Bertz CT molecular complexity index is 539. The van der Waals surface area contributed by atoms with Gasteiger partial charge in [0.05, 0.1) is 0 Å². The minimum atomic E-state index is 0.199. The largest absolute Gasteiger partial charge is 0.339 e. The summed E-state index contributed by atoms with van der Waals surface area (Å²) in [5.41, 5.74) is 7.65. The second kappa shape index (κ2) is 5.63. The van der Waals surface area contributed by atoms with Gasteiger partial charge in [0.1, 0.15) is 0 Å². The average molecular weight is 310 g/mol. The van der Waals surface area contributed by atoms with Crippen molar-refractivity contribution < 1.29 is 4.52 Å². The Balaban J connectivity index is 2.26. The molecule has 2 aromatic rings. The number of nitrogens with two attached hydrogens (primary N) is 1. The van der Waals surface area contributed by atoms with Crippen LogP contribution in [-0.4, -0.2) is 16.7 Å². The van der Waals surface area contributed by atoms with Crippen LogP contribution in [0.15, 0.2) is 27.2 Å². The zero-order chi connectivity index (χ0) is 13.1. The van der Waals surface area contributed by atoms with E-state index in [1.807, 2.05) is 32.0 Å². The lowest BCUT2D eigenvalue weighted by Gasteiger charge is -2.02. The first-order valence-electron chi connectivity index (χ1n) is 5.92. The third-order valence-corrected chi connectivity index (χ3v) is 3.75. The summed E-state index contributed by atoms with van der Waals surface area (Å²) in [5, 5.41) is 4.01. The van der Waals surface area contributed by atoms with Crippen molar-refractivity contribution in [2.75, 3.05) is 6.54 Å². The van der Waals surface area contributed by atoms with E-state index in [2.05, 4.69) is 26.1 Å². The number of benzene rings is 1. The van der Waals surface area contributed by atoms with Gasteiger partial charge >= 0.3 is 0 Å². The molecule has 18 heavy (non-hydrogen) atoms. The molecule has 0 fully saturated rings. The predicted molar refractivity (Wildman–Crippen MR) is 74.3 cm³/mol. The molecule has 0 bridgehead atoms.